The van der Waals surface area contributed by atoms with E-state index in [1.807, 2.05) is 0 Å². The zero-order valence-corrected chi connectivity index (χ0v) is 9.24. The minimum absolute atomic E-state index is 0.178. The van der Waals surface area contributed by atoms with Crippen molar-refractivity contribution in [2.75, 3.05) is 19.5 Å². The molecule has 0 spiro atoms. The van der Waals surface area contributed by atoms with Crippen LogP contribution >= 0.6 is 0 Å². The fraction of sp³-hybridized carbons (Fsp3) is 0.273. The quantitative estimate of drug-likeness (QED) is 0.739. The van der Waals surface area contributed by atoms with Crippen LogP contribution in [0, 0.1) is 0 Å². The fourth-order valence-electron chi connectivity index (χ4n) is 1.11. The van der Waals surface area contributed by atoms with Crippen LogP contribution in [0.4, 0.5) is 5.69 Å². The van der Waals surface area contributed by atoms with Crippen molar-refractivity contribution in [2.24, 2.45) is 0 Å². The average molecular weight is 222 g/mol. The smallest absolute Gasteiger partial charge is 0.233 e. The zero-order valence-electron chi connectivity index (χ0n) is 9.24. The van der Waals surface area contributed by atoms with Gasteiger partial charge in [-0.25, -0.2) is 0 Å². The summed E-state index contributed by atoms with van der Waals surface area (Å²) in [6.45, 7) is 0. The zero-order chi connectivity index (χ0) is 12.0. The van der Waals surface area contributed by atoms with E-state index >= 15 is 0 Å². The van der Waals surface area contributed by atoms with Gasteiger partial charge in [0.15, 0.2) is 0 Å². The Morgan fingerprint density at radius 3 is 2.31 bits per heavy atom. The highest BCUT2D eigenvalue weighted by atomic mass is 16.5. The normalized spacial score (nSPS) is 9.38. The molecule has 0 unspecified atom stereocenters. The summed E-state index contributed by atoms with van der Waals surface area (Å²) in [5.74, 6) is 0.0554. The summed E-state index contributed by atoms with van der Waals surface area (Å²) in [6.07, 6.45) is -0.178. The van der Waals surface area contributed by atoms with Gasteiger partial charge in [-0.3, -0.25) is 9.59 Å². The molecule has 0 heterocycles. The molecule has 0 saturated heterocycles. The van der Waals surface area contributed by atoms with E-state index in [0.29, 0.717) is 11.4 Å². The molecule has 2 amide bonds. The third-order valence-electron chi connectivity index (χ3n) is 1.97. The number of amides is 2. The molecule has 0 aliphatic carbocycles. The Morgan fingerprint density at radius 1 is 1.19 bits per heavy atom. The Morgan fingerprint density at radius 2 is 1.81 bits per heavy atom. The molecule has 2 N–H and O–H groups in total. The van der Waals surface area contributed by atoms with Crippen molar-refractivity contribution >= 4 is 17.5 Å². The van der Waals surface area contributed by atoms with E-state index in [-0.39, 0.29) is 18.2 Å². The number of carbonyl (C=O) groups excluding carboxylic acids is 2. The van der Waals surface area contributed by atoms with Crippen molar-refractivity contribution < 1.29 is 14.3 Å². The third kappa shape index (κ3) is 3.61. The molecule has 0 aliphatic heterocycles. The van der Waals surface area contributed by atoms with Gasteiger partial charge in [0.05, 0.1) is 7.11 Å². The predicted octanol–water partition coefficient (Wildman–Crippen LogP) is 0.770. The van der Waals surface area contributed by atoms with Crippen LogP contribution in [0.2, 0.25) is 0 Å². The molecular weight excluding hydrogens is 208 g/mol. The highest BCUT2D eigenvalue weighted by Crippen LogP contribution is 2.14. The standard InChI is InChI=1S/C11H14N2O3/c1-12-10(14)7-11(15)13-8-3-5-9(16-2)6-4-8/h3-6H,7H2,1-2H3,(H,12,14)(H,13,15). The van der Waals surface area contributed by atoms with Crippen LogP contribution in [0.3, 0.4) is 0 Å². The van der Waals surface area contributed by atoms with Crippen LogP contribution in [0.1, 0.15) is 6.42 Å². The van der Waals surface area contributed by atoms with Gasteiger partial charge in [-0.05, 0) is 24.3 Å². The summed E-state index contributed by atoms with van der Waals surface area (Å²) in [6, 6.07) is 6.88. The number of rotatable bonds is 4. The highest BCUT2D eigenvalue weighted by molar-refractivity contribution is 6.03. The molecule has 0 radical (unpaired) electrons. The first-order valence-corrected chi connectivity index (χ1v) is 4.80. The van der Waals surface area contributed by atoms with Gasteiger partial charge in [-0.1, -0.05) is 0 Å². The third-order valence-corrected chi connectivity index (χ3v) is 1.97. The summed E-state index contributed by atoms with van der Waals surface area (Å²) >= 11 is 0. The van der Waals surface area contributed by atoms with Gasteiger partial charge in [0.25, 0.3) is 0 Å². The molecule has 1 rings (SSSR count). The van der Waals surface area contributed by atoms with Crippen molar-refractivity contribution in [1.82, 2.24) is 5.32 Å². The van der Waals surface area contributed by atoms with Crippen molar-refractivity contribution in [3.05, 3.63) is 24.3 Å². The number of hydrogen-bond acceptors (Lipinski definition) is 3. The number of methoxy groups -OCH3 is 1. The van der Waals surface area contributed by atoms with E-state index in [1.54, 1.807) is 31.4 Å². The number of ether oxygens (including phenoxy) is 1. The number of carbonyl (C=O) groups is 2. The lowest BCUT2D eigenvalue weighted by molar-refractivity contribution is -0.126. The Bertz CT molecular complexity index is 373. The molecule has 0 saturated carbocycles. The lowest BCUT2D eigenvalue weighted by atomic mass is 10.3. The second kappa shape index (κ2) is 5.75. The number of benzene rings is 1. The van der Waals surface area contributed by atoms with E-state index in [2.05, 4.69) is 10.6 Å². The van der Waals surface area contributed by atoms with Crippen LogP contribution in [0.15, 0.2) is 24.3 Å². The molecule has 1 aromatic rings. The highest BCUT2D eigenvalue weighted by Gasteiger charge is 2.07. The number of anilines is 1. The Labute approximate surface area is 93.8 Å². The molecule has 5 heteroatoms. The fourth-order valence-corrected chi connectivity index (χ4v) is 1.11. The molecule has 1 aromatic carbocycles. The van der Waals surface area contributed by atoms with Gasteiger partial charge >= 0.3 is 0 Å². The molecule has 0 aliphatic rings. The maximum Gasteiger partial charge on any atom is 0.233 e. The minimum atomic E-state index is -0.343. The minimum Gasteiger partial charge on any atom is -0.497 e. The monoisotopic (exact) mass is 222 g/mol. The summed E-state index contributed by atoms with van der Waals surface area (Å²) in [5, 5.41) is 4.98. The summed E-state index contributed by atoms with van der Waals surface area (Å²) in [7, 11) is 3.06. The molecule has 86 valence electrons. The Balaban J connectivity index is 2.52. The van der Waals surface area contributed by atoms with Gasteiger partial charge in [0, 0.05) is 12.7 Å². The van der Waals surface area contributed by atoms with Gasteiger partial charge in [0.1, 0.15) is 12.2 Å². The summed E-state index contributed by atoms with van der Waals surface area (Å²) in [5.41, 5.74) is 0.634. The van der Waals surface area contributed by atoms with Gasteiger partial charge in [-0.15, -0.1) is 0 Å². The molecule has 5 nitrogen and oxygen atoms in total. The lowest BCUT2D eigenvalue weighted by Gasteiger charge is -2.05. The van der Waals surface area contributed by atoms with E-state index in [9.17, 15) is 9.59 Å². The van der Waals surface area contributed by atoms with Crippen LogP contribution in [-0.2, 0) is 9.59 Å². The second-order valence-corrected chi connectivity index (χ2v) is 3.13. The van der Waals surface area contributed by atoms with Crippen molar-refractivity contribution in [1.29, 1.82) is 0 Å². The van der Waals surface area contributed by atoms with Crippen molar-refractivity contribution in [2.45, 2.75) is 6.42 Å². The largest absolute Gasteiger partial charge is 0.497 e. The van der Waals surface area contributed by atoms with Crippen molar-refractivity contribution in [3.8, 4) is 5.75 Å². The molecule has 0 bridgehead atoms. The molecule has 0 fully saturated rings. The van der Waals surface area contributed by atoms with Gasteiger partial charge in [-0.2, -0.15) is 0 Å². The topological polar surface area (TPSA) is 67.4 Å². The molecule has 0 aromatic heterocycles. The van der Waals surface area contributed by atoms with Crippen molar-refractivity contribution in [3.63, 3.8) is 0 Å². The van der Waals surface area contributed by atoms with Crippen LogP contribution in [-0.4, -0.2) is 26.0 Å². The van der Waals surface area contributed by atoms with E-state index in [1.165, 1.54) is 7.05 Å². The summed E-state index contributed by atoms with van der Waals surface area (Å²) < 4.78 is 4.98. The van der Waals surface area contributed by atoms with Gasteiger partial charge < -0.3 is 15.4 Å². The predicted molar refractivity (Wildman–Crippen MR) is 60.3 cm³/mol. The summed E-state index contributed by atoms with van der Waals surface area (Å²) in [4.78, 5) is 22.3. The van der Waals surface area contributed by atoms with E-state index in [4.69, 9.17) is 4.74 Å². The Kier molecular flexibility index (Phi) is 4.32. The second-order valence-electron chi connectivity index (χ2n) is 3.13. The lowest BCUT2D eigenvalue weighted by Crippen LogP contribution is -2.24. The Hall–Kier alpha value is -2.04. The first-order valence-electron chi connectivity index (χ1n) is 4.80. The van der Waals surface area contributed by atoms with E-state index in [0.717, 1.165) is 0 Å². The first-order chi connectivity index (χ1) is 7.65. The molecule has 16 heavy (non-hydrogen) atoms. The van der Waals surface area contributed by atoms with E-state index < -0.39 is 0 Å². The number of hydrogen-bond donors (Lipinski definition) is 2. The maximum absolute atomic E-state index is 11.3. The van der Waals surface area contributed by atoms with Crippen LogP contribution < -0.4 is 15.4 Å². The molecule has 0 atom stereocenters. The SMILES string of the molecule is CNC(=O)CC(=O)Nc1ccc(OC)cc1. The average Bonchev–Trinajstić information content (AvgIpc) is 2.29. The maximum atomic E-state index is 11.3. The van der Waals surface area contributed by atoms with Crippen LogP contribution in [0.5, 0.6) is 5.75 Å². The first kappa shape index (κ1) is 12.0. The van der Waals surface area contributed by atoms with Crippen LogP contribution in [0.25, 0.3) is 0 Å². The van der Waals surface area contributed by atoms with Gasteiger partial charge in [0.2, 0.25) is 11.8 Å². The molecular formula is C11H14N2O3. The number of nitrogens with one attached hydrogen (secondary N) is 2.